The minimum Gasteiger partial charge on any atom is -0.378 e. The average Bonchev–Trinajstić information content (AvgIpc) is 3.05. The monoisotopic (exact) mass is 363 g/mol. The highest BCUT2D eigenvalue weighted by atomic mass is 32.2. The number of anilines is 1. The number of nitrogens with zero attached hydrogens (tertiary/aromatic N) is 5. The van der Waals surface area contributed by atoms with Gasteiger partial charge in [0.25, 0.3) is 5.69 Å². The van der Waals surface area contributed by atoms with Crippen LogP contribution in [0.4, 0.5) is 11.6 Å². The molecule has 134 valence electrons. The van der Waals surface area contributed by atoms with Crippen LogP contribution in [0.3, 0.4) is 0 Å². The fourth-order valence-corrected chi connectivity index (χ4v) is 3.78. The summed E-state index contributed by atoms with van der Waals surface area (Å²) >= 11 is 1.56. The predicted molar refractivity (Wildman–Crippen MR) is 96.1 cm³/mol. The number of morpholine rings is 1. The van der Waals surface area contributed by atoms with Crippen molar-refractivity contribution in [3.05, 3.63) is 39.9 Å². The fourth-order valence-electron chi connectivity index (χ4n) is 2.76. The summed E-state index contributed by atoms with van der Waals surface area (Å²) in [5, 5.41) is 20.5. The Bertz CT molecular complexity index is 745. The van der Waals surface area contributed by atoms with Crippen molar-refractivity contribution in [1.82, 2.24) is 14.8 Å². The molecular formula is C16H21N5O3S. The number of ether oxygens (including phenoxy) is 1. The molecule has 0 aliphatic carbocycles. The van der Waals surface area contributed by atoms with E-state index < -0.39 is 0 Å². The molecule has 3 rings (SSSR count). The first kappa shape index (κ1) is 17.7. The number of rotatable bonds is 6. The van der Waals surface area contributed by atoms with E-state index in [9.17, 15) is 10.1 Å². The number of benzene rings is 1. The topological polar surface area (TPSA) is 86.3 Å². The molecule has 0 saturated carbocycles. The van der Waals surface area contributed by atoms with Crippen LogP contribution in [-0.2, 0) is 11.3 Å². The predicted octanol–water partition coefficient (Wildman–Crippen LogP) is 2.90. The second-order valence-electron chi connectivity index (χ2n) is 5.74. The van der Waals surface area contributed by atoms with Gasteiger partial charge in [-0.25, -0.2) is 0 Å². The quantitative estimate of drug-likeness (QED) is 0.443. The zero-order valence-electron chi connectivity index (χ0n) is 14.3. The number of non-ortho nitro benzene ring substituents is 1. The van der Waals surface area contributed by atoms with Gasteiger partial charge in [-0.1, -0.05) is 23.9 Å². The molecule has 8 nitrogen and oxygen atoms in total. The van der Waals surface area contributed by atoms with Gasteiger partial charge in [-0.15, -0.1) is 10.2 Å². The molecule has 25 heavy (non-hydrogen) atoms. The largest absolute Gasteiger partial charge is 0.378 e. The van der Waals surface area contributed by atoms with Gasteiger partial charge >= 0.3 is 0 Å². The summed E-state index contributed by atoms with van der Waals surface area (Å²) in [5.41, 5.74) is 1.01. The average molecular weight is 363 g/mol. The van der Waals surface area contributed by atoms with Gasteiger partial charge in [0.1, 0.15) is 0 Å². The minimum atomic E-state index is -0.369. The van der Waals surface area contributed by atoms with E-state index in [0.29, 0.717) is 13.2 Å². The van der Waals surface area contributed by atoms with E-state index in [1.54, 1.807) is 23.9 Å². The second kappa shape index (κ2) is 7.83. The Morgan fingerprint density at radius 2 is 2.12 bits per heavy atom. The van der Waals surface area contributed by atoms with Crippen LogP contribution in [0.2, 0.25) is 0 Å². The van der Waals surface area contributed by atoms with E-state index in [-0.39, 0.29) is 15.9 Å². The smallest absolute Gasteiger partial charge is 0.269 e. The van der Waals surface area contributed by atoms with Crippen LogP contribution in [0, 0.1) is 10.1 Å². The molecule has 1 atom stereocenters. The molecule has 9 heteroatoms. The van der Waals surface area contributed by atoms with Crippen LogP contribution in [0.1, 0.15) is 24.7 Å². The summed E-state index contributed by atoms with van der Waals surface area (Å²) in [5.74, 6) is 0.861. The third-order valence-corrected chi connectivity index (χ3v) is 5.28. The molecule has 0 unspecified atom stereocenters. The van der Waals surface area contributed by atoms with Crippen molar-refractivity contribution in [1.29, 1.82) is 0 Å². The Balaban J connectivity index is 1.79. The Hall–Kier alpha value is -2.13. The fraction of sp³-hybridized carbons (Fsp3) is 0.500. The van der Waals surface area contributed by atoms with Crippen molar-refractivity contribution in [3.8, 4) is 0 Å². The van der Waals surface area contributed by atoms with Crippen LogP contribution < -0.4 is 4.90 Å². The van der Waals surface area contributed by atoms with Gasteiger partial charge in [0.15, 0.2) is 5.16 Å². The summed E-state index contributed by atoms with van der Waals surface area (Å²) in [6, 6.07) is 6.74. The molecule has 0 bridgehead atoms. The van der Waals surface area contributed by atoms with Crippen molar-refractivity contribution in [2.45, 2.75) is 30.8 Å². The van der Waals surface area contributed by atoms with Gasteiger partial charge in [-0.3, -0.25) is 14.7 Å². The summed E-state index contributed by atoms with van der Waals surface area (Å²) in [4.78, 5) is 12.8. The molecule has 0 radical (unpaired) electrons. The zero-order valence-corrected chi connectivity index (χ0v) is 15.1. The molecule has 0 spiro atoms. The number of nitro benzene ring substituents is 1. The third kappa shape index (κ3) is 3.93. The number of hydrogen-bond donors (Lipinski definition) is 0. The molecule has 1 aliphatic rings. The zero-order chi connectivity index (χ0) is 17.8. The molecule has 0 N–H and O–H groups in total. The highest BCUT2D eigenvalue weighted by Crippen LogP contribution is 2.36. The summed E-state index contributed by atoms with van der Waals surface area (Å²) in [6.45, 7) is 7.87. The van der Waals surface area contributed by atoms with Crippen molar-refractivity contribution in [2.24, 2.45) is 0 Å². The van der Waals surface area contributed by atoms with Crippen molar-refractivity contribution in [2.75, 3.05) is 31.2 Å². The van der Waals surface area contributed by atoms with Gasteiger partial charge in [0.05, 0.1) is 18.1 Å². The van der Waals surface area contributed by atoms with Crippen LogP contribution in [0.15, 0.2) is 29.4 Å². The molecule has 2 heterocycles. The van der Waals surface area contributed by atoms with E-state index in [0.717, 1.165) is 36.3 Å². The normalized spacial score (nSPS) is 16.0. The molecule has 0 amide bonds. The first-order valence-corrected chi connectivity index (χ1v) is 9.15. The maximum Gasteiger partial charge on any atom is 0.269 e. The standard InChI is InChI=1S/C16H21N5O3S/c1-3-20-15(19-7-9-24-10-8-19)17-18-16(20)25-12(2)13-5-4-6-14(11-13)21(22)23/h4-6,11-12H,3,7-10H2,1-2H3/t12-/m1/s1. The lowest BCUT2D eigenvalue weighted by Gasteiger charge is -2.27. The third-order valence-electron chi connectivity index (χ3n) is 4.14. The van der Waals surface area contributed by atoms with Crippen molar-refractivity contribution in [3.63, 3.8) is 0 Å². The molecule has 1 aromatic heterocycles. The van der Waals surface area contributed by atoms with Crippen LogP contribution in [-0.4, -0.2) is 46.0 Å². The second-order valence-corrected chi connectivity index (χ2v) is 7.05. The number of aromatic nitrogens is 3. The first-order chi connectivity index (χ1) is 12.1. The molecule has 1 fully saturated rings. The number of hydrogen-bond acceptors (Lipinski definition) is 7. The molecular weight excluding hydrogens is 342 g/mol. The van der Waals surface area contributed by atoms with Crippen LogP contribution in [0.25, 0.3) is 0 Å². The van der Waals surface area contributed by atoms with E-state index in [2.05, 4.69) is 26.6 Å². The molecule has 1 aromatic carbocycles. The first-order valence-electron chi connectivity index (χ1n) is 8.27. The lowest BCUT2D eigenvalue weighted by molar-refractivity contribution is -0.384. The van der Waals surface area contributed by atoms with Crippen LogP contribution >= 0.6 is 11.8 Å². The number of thioether (sulfide) groups is 1. The van der Waals surface area contributed by atoms with Crippen molar-refractivity contribution >= 4 is 23.4 Å². The highest BCUT2D eigenvalue weighted by Gasteiger charge is 2.21. The summed E-state index contributed by atoms with van der Waals surface area (Å²) < 4.78 is 7.48. The Morgan fingerprint density at radius 1 is 1.36 bits per heavy atom. The van der Waals surface area contributed by atoms with Gasteiger partial charge < -0.3 is 9.64 Å². The van der Waals surface area contributed by atoms with Gasteiger partial charge in [0.2, 0.25) is 5.95 Å². The molecule has 2 aromatic rings. The lowest BCUT2D eigenvalue weighted by Crippen LogP contribution is -2.38. The maximum atomic E-state index is 11.0. The van der Waals surface area contributed by atoms with Gasteiger partial charge in [0, 0.05) is 37.0 Å². The Kier molecular flexibility index (Phi) is 5.54. The number of nitro groups is 1. The van der Waals surface area contributed by atoms with E-state index in [1.165, 1.54) is 6.07 Å². The van der Waals surface area contributed by atoms with E-state index in [1.807, 2.05) is 13.0 Å². The highest BCUT2D eigenvalue weighted by molar-refractivity contribution is 7.99. The summed E-state index contributed by atoms with van der Waals surface area (Å²) in [6.07, 6.45) is 0. The van der Waals surface area contributed by atoms with E-state index in [4.69, 9.17) is 4.74 Å². The Morgan fingerprint density at radius 3 is 2.80 bits per heavy atom. The van der Waals surface area contributed by atoms with E-state index >= 15 is 0 Å². The molecule has 1 aliphatic heterocycles. The maximum absolute atomic E-state index is 11.0. The summed E-state index contributed by atoms with van der Waals surface area (Å²) in [7, 11) is 0. The lowest BCUT2D eigenvalue weighted by atomic mass is 10.1. The van der Waals surface area contributed by atoms with Gasteiger partial charge in [-0.05, 0) is 19.4 Å². The van der Waals surface area contributed by atoms with Crippen molar-refractivity contribution < 1.29 is 9.66 Å². The SMILES string of the molecule is CCn1c(S[C@H](C)c2cccc([N+](=O)[O-])c2)nnc1N1CCOCC1. The Labute approximate surface area is 150 Å². The van der Waals surface area contributed by atoms with Crippen LogP contribution in [0.5, 0.6) is 0 Å². The molecule has 1 saturated heterocycles. The minimum absolute atomic E-state index is 0.0342. The van der Waals surface area contributed by atoms with Gasteiger partial charge in [-0.2, -0.15) is 0 Å².